The van der Waals surface area contributed by atoms with E-state index < -0.39 is 0 Å². The molecule has 0 aliphatic rings. The van der Waals surface area contributed by atoms with Crippen molar-refractivity contribution in [3.05, 3.63) is 64.3 Å². The van der Waals surface area contributed by atoms with Crippen molar-refractivity contribution in [3.8, 4) is 17.1 Å². The summed E-state index contributed by atoms with van der Waals surface area (Å²) in [5.41, 5.74) is 2.47. The fourth-order valence-corrected chi connectivity index (χ4v) is 2.49. The van der Waals surface area contributed by atoms with Crippen LogP contribution in [0.5, 0.6) is 5.75 Å². The Morgan fingerprint density at radius 2 is 1.96 bits per heavy atom. The molecule has 0 aliphatic heterocycles. The lowest BCUT2D eigenvalue weighted by Gasteiger charge is -2.08. The maximum absolute atomic E-state index is 12.3. The Kier molecular flexibility index (Phi) is 4.47. The quantitative estimate of drug-likeness (QED) is 0.626. The zero-order valence-corrected chi connectivity index (χ0v) is 13.5. The average Bonchev–Trinajstić information content (AvgIpc) is 2.56. The van der Waals surface area contributed by atoms with Crippen LogP contribution >= 0.6 is 0 Å². The lowest BCUT2D eigenvalue weighted by atomic mass is 10.1. The van der Waals surface area contributed by atoms with Crippen molar-refractivity contribution in [1.82, 2.24) is 0 Å². The smallest absolute Gasteiger partial charge is 0.193 e. The van der Waals surface area contributed by atoms with Crippen molar-refractivity contribution in [1.29, 1.82) is 0 Å². The fraction of sp³-hybridized carbons (Fsp3) is 0.250. The molecule has 1 aromatic heterocycles. The van der Waals surface area contributed by atoms with E-state index in [9.17, 15) is 4.79 Å². The minimum atomic E-state index is -0.0257. The van der Waals surface area contributed by atoms with Gasteiger partial charge in [-0.15, -0.1) is 0 Å². The van der Waals surface area contributed by atoms with Crippen molar-refractivity contribution in [2.24, 2.45) is 0 Å². The summed E-state index contributed by atoms with van der Waals surface area (Å²) in [4.78, 5) is 12.3. The van der Waals surface area contributed by atoms with Gasteiger partial charge in [0.2, 0.25) is 0 Å². The second-order valence-corrected chi connectivity index (χ2v) is 5.70. The van der Waals surface area contributed by atoms with Gasteiger partial charge in [-0.3, -0.25) is 4.79 Å². The van der Waals surface area contributed by atoms with Crippen LogP contribution < -0.4 is 10.2 Å². The van der Waals surface area contributed by atoms with Crippen LogP contribution in [0.2, 0.25) is 0 Å². The summed E-state index contributed by atoms with van der Waals surface area (Å²) in [6, 6.07) is 14.9. The lowest BCUT2D eigenvalue weighted by Crippen LogP contribution is -2.01. The van der Waals surface area contributed by atoms with E-state index in [1.807, 2.05) is 49.4 Å². The summed E-state index contributed by atoms with van der Waals surface area (Å²) >= 11 is 0. The first-order chi connectivity index (χ1) is 11.2. The molecular weight excluding hydrogens is 288 g/mol. The molecule has 0 bridgehead atoms. The number of hydrogen-bond donors (Lipinski definition) is 0. The Balaban J connectivity index is 1.98. The monoisotopic (exact) mass is 308 g/mol. The number of fused-ring (bicyclic) bond motifs is 1. The first-order valence-electron chi connectivity index (χ1n) is 7.95. The molecule has 3 heteroatoms. The van der Waals surface area contributed by atoms with Crippen molar-refractivity contribution < 1.29 is 9.15 Å². The van der Waals surface area contributed by atoms with Gasteiger partial charge in [0.25, 0.3) is 0 Å². The van der Waals surface area contributed by atoms with E-state index in [-0.39, 0.29) is 5.43 Å². The molecule has 3 aromatic rings. The van der Waals surface area contributed by atoms with Crippen LogP contribution in [-0.4, -0.2) is 6.61 Å². The maximum Gasteiger partial charge on any atom is 0.193 e. The van der Waals surface area contributed by atoms with Crippen molar-refractivity contribution in [2.75, 3.05) is 6.61 Å². The van der Waals surface area contributed by atoms with Gasteiger partial charge in [-0.2, -0.15) is 0 Å². The molecule has 1 heterocycles. The topological polar surface area (TPSA) is 39.4 Å². The van der Waals surface area contributed by atoms with E-state index >= 15 is 0 Å². The van der Waals surface area contributed by atoms with Crippen LogP contribution in [0, 0.1) is 6.92 Å². The molecule has 0 radical (unpaired) electrons. The van der Waals surface area contributed by atoms with Crippen LogP contribution in [0.3, 0.4) is 0 Å². The maximum atomic E-state index is 12.3. The van der Waals surface area contributed by atoms with E-state index in [4.69, 9.17) is 9.15 Å². The predicted molar refractivity (Wildman–Crippen MR) is 93.1 cm³/mol. The summed E-state index contributed by atoms with van der Waals surface area (Å²) < 4.78 is 11.6. The Hall–Kier alpha value is -2.55. The van der Waals surface area contributed by atoms with Crippen molar-refractivity contribution >= 4 is 11.0 Å². The lowest BCUT2D eigenvalue weighted by molar-refractivity contribution is 0.309. The third-order valence-electron chi connectivity index (χ3n) is 3.77. The Morgan fingerprint density at radius 3 is 2.78 bits per heavy atom. The first-order valence-corrected chi connectivity index (χ1v) is 7.95. The summed E-state index contributed by atoms with van der Waals surface area (Å²) in [5.74, 6) is 1.36. The van der Waals surface area contributed by atoms with Gasteiger partial charge in [0.05, 0.1) is 12.0 Å². The van der Waals surface area contributed by atoms with Crippen LogP contribution in [-0.2, 0) is 0 Å². The van der Waals surface area contributed by atoms with Gasteiger partial charge in [0.15, 0.2) is 5.43 Å². The van der Waals surface area contributed by atoms with E-state index in [1.54, 1.807) is 6.07 Å². The Bertz CT molecular complexity index is 877. The number of ether oxygens (including phenoxy) is 1. The van der Waals surface area contributed by atoms with Gasteiger partial charge in [-0.1, -0.05) is 37.1 Å². The second kappa shape index (κ2) is 6.69. The van der Waals surface area contributed by atoms with Crippen LogP contribution in [0.4, 0.5) is 0 Å². The molecule has 3 rings (SSSR count). The molecule has 0 fully saturated rings. The molecule has 0 aliphatic carbocycles. The van der Waals surface area contributed by atoms with Crippen molar-refractivity contribution in [2.45, 2.75) is 26.7 Å². The van der Waals surface area contributed by atoms with Crippen LogP contribution in [0.25, 0.3) is 22.3 Å². The summed E-state index contributed by atoms with van der Waals surface area (Å²) in [7, 11) is 0. The molecule has 3 nitrogen and oxygen atoms in total. The normalized spacial score (nSPS) is 10.9. The highest BCUT2D eigenvalue weighted by Crippen LogP contribution is 2.26. The van der Waals surface area contributed by atoms with Gasteiger partial charge >= 0.3 is 0 Å². The highest BCUT2D eigenvalue weighted by Gasteiger charge is 2.08. The van der Waals surface area contributed by atoms with E-state index in [2.05, 4.69) is 6.92 Å². The Labute approximate surface area is 135 Å². The molecule has 0 N–H and O–H groups in total. The van der Waals surface area contributed by atoms with Gasteiger partial charge in [-0.25, -0.2) is 0 Å². The molecule has 0 amide bonds. The fourth-order valence-electron chi connectivity index (χ4n) is 2.49. The molecule has 0 saturated carbocycles. The predicted octanol–water partition coefficient (Wildman–Crippen LogP) is 4.95. The number of rotatable bonds is 5. The molecule has 0 atom stereocenters. The van der Waals surface area contributed by atoms with Crippen molar-refractivity contribution in [3.63, 3.8) is 0 Å². The zero-order chi connectivity index (χ0) is 16.2. The van der Waals surface area contributed by atoms with Gasteiger partial charge in [-0.05, 0) is 37.6 Å². The zero-order valence-electron chi connectivity index (χ0n) is 13.5. The van der Waals surface area contributed by atoms with Crippen LogP contribution in [0.1, 0.15) is 25.3 Å². The van der Waals surface area contributed by atoms with Gasteiger partial charge < -0.3 is 9.15 Å². The molecule has 118 valence electrons. The number of unbranched alkanes of at least 4 members (excludes halogenated alkanes) is 1. The summed E-state index contributed by atoms with van der Waals surface area (Å²) in [5, 5.41) is 0.615. The SMILES string of the molecule is CCCCOc1cccc(-c2cc(=O)c3cc(C)ccc3o2)c1. The largest absolute Gasteiger partial charge is 0.494 e. The molecule has 0 saturated heterocycles. The third kappa shape index (κ3) is 3.45. The molecule has 2 aromatic carbocycles. The minimum absolute atomic E-state index is 0.0257. The van der Waals surface area contributed by atoms with E-state index in [1.165, 1.54) is 0 Å². The van der Waals surface area contributed by atoms with Crippen LogP contribution in [0.15, 0.2) is 57.7 Å². The first kappa shape index (κ1) is 15.3. The second-order valence-electron chi connectivity index (χ2n) is 5.70. The molecular formula is C20H20O3. The molecule has 0 unspecified atom stereocenters. The number of hydrogen-bond acceptors (Lipinski definition) is 3. The number of benzene rings is 2. The van der Waals surface area contributed by atoms with Gasteiger partial charge in [0, 0.05) is 11.6 Å². The van der Waals surface area contributed by atoms with E-state index in [0.29, 0.717) is 23.3 Å². The standard InChI is InChI=1S/C20H20O3/c1-3-4-10-22-16-7-5-6-15(12-16)20-13-18(21)17-11-14(2)8-9-19(17)23-20/h5-9,11-13H,3-4,10H2,1-2H3. The average molecular weight is 308 g/mol. The summed E-state index contributed by atoms with van der Waals surface area (Å²) in [6.07, 6.45) is 2.12. The number of aryl methyl sites for hydroxylation is 1. The molecule has 23 heavy (non-hydrogen) atoms. The van der Waals surface area contributed by atoms with E-state index in [0.717, 1.165) is 29.7 Å². The third-order valence-corrected chi connectivity index (χ3v) is 3.77. The minimum Gasteiger partial charge on any atom is -0.494 e. The Morgan fingerprint density at radius 1 is 1.09 bits per heavy atom. The highest BCUT2D eigenvalue weighted by molar-refractivity contribution is 5.79. The summed E-state index contributed by atoms with van der Waals surface area (Å²) in [6.45, 7) is 4.79. The molecule has 0 spiro atoms. The highest BCUT2D eigenvalue weighted by atomic mass is 16.5. The van der Waals surface area contributed by atoms with Gasteiger partial charge in [0.1, 0.15) is 17.1 Å².